The Bertz CT molecular complexity index is 975. The molecule has 1 fully saturated rings. The maximum Gasteiger partial charge on any atom is 0.173 e. The van der Waals surface area contributed by atoms with Crippen LogP contribution in [0.25, 0.3) is 5.76 Å². The van der Waals surface area contributed by atoms with E-state index in [4.69, 9.17) is 0 Å². The molecule has 8 heteroatoms. The number of allylic oxidation sites excluding steroid dienone is 1. The summed E-state index contributed by atoms with van der Waals surface area (Å²) in [7, 11) is 3.78. The summed E-state index contributed by atoms with van der Waals surface area (Å²) in [5, 5.41) is 31.5. The number of ketones is 3. The first-order valence-corrected chi connectivity index (χ1v) is 10.8. The minimum Gasteiger partial charge on any atom is -0.507 e. The molecule has 1 aromatic carbocycles. The van der Waals surface area contributed by atoms with Gasteiger partial charge in [-0.1, -0.05) is 6.92 Å². The van der Waals surface area contributed by atoms with Gasteiger partial charge in [0.15, 0.2) is 11.6 Å². The monoisotopic (exact) mass is 451 g/mol. The first kappa shape index (κ1) is 25.5. The number of aromatic hydroxyl groups is 1. The second-order valence-electron chi connectivity index (χ2n) is 8.86. The van der Waals surface area contributed by atoms with E-state index in [2.05, 4.69) is 0 Å². The van der Waals surface area contributed by atoms with E-state index in [1.165, 1.54) is 6.92 Å². The second-order valence-corrected chi connectivity index (χ2v) is 8.86. The number of benzene rings is 1. The Hall–Kier alpha value is -2.71. The number of aryl methyl sites for hydroxylation is 1. The molecule has 1 aromatic rings. The number of phenolic OH excluding ortho intramolecular Hbond substituents is 1. The van der Waals surface area contributed by atoms with Gasteiger partial charge in [0.25, 0.3) is 0 Å². The SMILES string of the molecule is CCc1cc(N(C)C)c2c(c1O)C(O)=C1C(=O)C(C(=O)CC(C)=O)C(CCO)CC1C2.O.[HH].[HH]. The summed E-state index contributed by atoms with van der Waals surface area (Å²) in [6, 6.07) is 1.90. The van der Waals surface area contributed by atoms with Gasteiger partial charge < -0.3 is 25.7 Å². The first-order chi connectivity index (χ1) is 14.6. The lowest BCUT2D eigenvalue weighted by Crippen LogP contribution is -2.43. The van der Waals surface area contributed by atoms with Crippen molar-refractivity contribution in [1.29, 1.82) is 0 Å². The molecule has 2 aliphatic carbocycles. The van der Waals surface area contributed by atoms with Crippen molar-refractivity contribution in [2.75, 3.05) is 25.6 Å². The number of phenols is 1. The highest BCUT2D eigenvalue weighted by Crippen LogP contribution is 2.50. The Balaban J connectivity index is 0.00000363. The van der Waals surface area contributed by atoms with Gasteiger partial charge in [-0.15, -0.1) is 0 Å². The van der Waals surface area contributed by atoms with Crippen LogP contribution in [-0.4, -0.2) is 58.8 Å². The zero-order chi connectivity index (χ0) is 23.0. The molecule has 180 valence electrons. The number of fused-ring (bicyclic) bond motifs is 2. The lowest BCUT2D eigenvalue weighted by Gasteiger charge is -2.40. The van der Waals surface area contributed by atoms with Crippen molar-refractivity contribution in [3.8, 4) is 5.75 Å². The van der Waals surface area contributed by atoms with Crippen molar-refractivity contribution in [2.45, 2.75) is 46.0 Å². The Morgan fingerprint density at radius 3 is 2.44 bits per heavy atom. The molecule has 3 atom stereocenters. The molecule has 3 unspecified atom stereocenters. The molecule has 3 rings (SSSR count). The van der Waals surface area contributed by atoms with Crippen LogP contribution in [0.4, 0.5) is 5.69 Å². The van der Waals surface area contributed by atoms with Crippen LogP contribution in [0.15, 0.2) is 11.6 Å². The third-order valence-corrected chi connectivity index (χ3v) is 6.55. The van der Waals surface area contributed by atoms with Gasteiger partial charge in [-0.25, -0.2) is 0 Å². The van der Waals surface area contributed by atoms with Gasteiger partial charge in [-0.05, 0) is 61.6 Å². The minimum atomic E-state index is -1.06. The normalized spacial score (nSPS) is 22.0. The van der Waals surface area contributed by atoms with Crippen LogP contribution in [0.1, 0.15) is 52.7 Å². The summed E-state index contributed by atoms with van der Waals surface area (Å²) >= 11 is 0. The van der Waals surface area contributed by atoms with Gasteiger partial charge >= 0.3 is 0 Å². The van der Waals surface area contributed by atoms with Crippen LogP contribution in [0.5, 0.6) is 5.75 Å². The highest BCUT2D eigenvalue weighted by Gasteiger charge is 2.47. The average Bonchev–Trinajstić information content (AvgIpc) is 2.67. The third kappa shape index (κ3) is 4.29. The van der Waals surface area contributed by atoms with Gasteiger partial charge in [-0.3, -0.25) is 14.4 Å². The number of hydrogen-bond donors (Lipinski definition) is 3. The fraction of sp³-hybridized carbons (Fsp3) is 0.542. The predicted molar refractivity (Wildman–Crippen MR) is 125 cm³/mol. The van der Waals surface area contributed by atoms with Crippen molar-refractivity contribution >= 4 is 28.8 Å². The molecule has 0 spiro atoms. The van der Waals surface area contributed by atoms with Crippen molar-refractivity contribution in [3.63, 3.8) is 0 Å². The molecule has 0 aromatic heterocycles. The van der Waals surface area contributed by atoms with Crippen LogP contribution in [0.2, 0.25) is 0 Å². The number of aliphatic hydroxyl groups is 2. The molecule has 0 bridgehead atoms. The molecular formula is C24H37NO7. The van der Waals surface area contributed by atoms with Gasteiger partial charge in [0.1, 0.15) is 17.3 Å². The highest BCUT2D eigenvalue weighted by atomic mass is 16.3. The molecule has 0 heterocycles. The fourth-order valence-corrected chi connectivity index (χ4v) is 5.18. The standard InChI is InChI=1S/C24H31NO6.H2O.2H2/c1-5-13-11-17(25(3)4)16-10-15-9-14(6-7-26)19(18(28)8-12(2)27)23(30)20(15)24(31)21(16)22(13)29;;;/h11,14-15,19,26,29,31H,5-10H2,1-4H3;1H2;2*1H. The Morgan fingerprint density at radius 2 is 1.91 bits per heavy atom. The number of carbonyl (C=O) groups excluding carboxylic acids is 3. The van der Waals surface area contributed by atoms with E-state index in [1.807, 2.05) is 32.0 Å². The van der Waals surface area contributed by atoms with E-state index in [9.17, 15) is 29.7 Å². The van der Waals surface area contributed by atoms with Crippen LogP contribution in [-0.2, 0) is 27.2 Å². The van der Waals surface area contributed by atoms with E-state index < -0.39 is 23.4 Å². The van der Waals surface area contributed by atoms with Crippen molar-refractivity contribution in [2.24, 2.45) is 17.8 Å². The van der Waals surface area contributed by atoms with Crippen molar-refractivity contribution in [3.05, 3.63) is 28.3 Å². The van der Waals surface area contributed by atoms with Crippen LogP contribution in [0.3, 0.4) is 0 Å². The molecule has 0 amide bonds. The zero-order valence-corrected chi connectivity index (χ0v) is 19.1. The molecule has 0 saturated heterocycles. The largest absolute Gasteiger partial charge is 0.507 e. The lowest BCUT2D eigenvalue weighted by atomic mass is 9.63. The van der Waals surface area contributed by atoms with Gasteiger partial charge in [-0.2, -0.15) is 0 Å². The van der Waals surface area contributed by atoms with Crippen molar-refractivity contribution in [1.82, 2.24) is 0 Å². The fourth-order valence-electron chi connectivity index (χ4n) is 5.18. The van der Waals surface area contributed by atoms with E-state index in [1.54, 1.807) is 0 Å². The summed E-state index contributed by atoms with van der Waals surface area (Å²) in [5.74, 6) is -3.36. The van der Waals surface area contributed by atoms with E-state index >= 15 is 0 Å². The highest BCUT2D eigenvalue weighted by molar-refractivity contribution is 6.17. The Kier molecular flexibility index (Phi) is 7.85. The smallest absolute Gasteiger partial charge is 0.173 e. The molecule has 0 aliphatic heterocycles. The van der Waals surface area contributed by atoms with Crippen LogP contribution < -0.4 is 4.90 Å². The summed E-state index contributed by atoms with van der Waals surface area (Å²) in [6.45, 7) is 3.04. The van der Waals surface area contributed by atoms with E-state index in [0.717, 1.165) is 11.3 Å². The summed E-state index contributed by atoms with van der Waals surface area (Å²) in [6.07, 6.45) is 1.38. The second kappa shape index (κ2) is 9.83. The van der Waals surface area contributed by atoms with Gasteiger partial charge in [0.2, 0.25) is 0 Å². The zero-order valence-electron chi connectivity index (χ0n) is 19.1. The van der Waals surface area contributed by atoms with Crippen molar-refractivity contribution < 1.29 is 38.0 Å². The molecule has 1 saturated carbocycles. The van der Waals surface area contributed by atoms with E-state index in [0.29, 0.717) is 24.8 Å². The molecule has 8 nitrogen and oxygen atoms in total. The Morgan fingerprint density at radius 1 is 1.25 bits per heavy atom. The number of anilines is 1. The molecule has 0 radical (unpaired) electrons. The maximum atomic E-state index is 13.4. The first-order valence-electron chi connectivity index (χ1n) is 10.8. The maximum absolute atomic E-state index is 13.4. The van der Waals surface area contributed by atoms with E-state index in [-0.39, 0.29) is 62.1 Å². The number of carbonyl (C=O) groups is 3. The molecule has 2 aliphatic rings. The molecule has 32 heavy (non-hydrogen) atoms. The van der Waals surface area contributed by atoms with Crippen LogP contribution >= 0.6 is 0 Å². The molecular weight excluding hydrogens is 414 g/mol. The summed E-state index contributed by atoms with van der Waals surface area (Å²) in [5.41, 5.74) is 2.74. The van der Waals surface area contributed by atoms with Gasteiger partial charge in [0.05, 0.1) is 17.9 Å². The minimum absolute atomic E-state index is 0. The number of aliphatic hydroxyl groups excluding tert-OH is 2. The Labute approximate surface area is 190 Å². The average molecular weight is 452 g/mol. The quantitative estimate of drug-likeness (QED) is 0.539. The number of Topliss-reactive ketones (excluding diaryl/α,β-unsaturated/α-hetero) is 3. The third-order valence-electron chi connectivity index (χ3n) is 6.55. The number of nitrogens with zero attached hydrogens (tertiary/aromatic N) is 1. The molecule has 5 N–H and O–H groups in total. The topological polar surface area (TPSA) is 147 Å². The number of rotatable bonds is 7. The summed E-state index contributed by atoms with van der Waals surface area (Å²) < 4.78 is 0. The lowest BCUT2D eigenvalue weighted by molar-refractivity contribution is -0.137. The number of hydrogen-bond acceptors (Lipinski definition) is 7. The van der Waals surface area contributed by atoms with Crippen LogP contribution in [0, 0.1) is 17.8 Å². The van der Waals surface area contributed by atoms with Gasteiger partial charge in [0, 0.05) is 34.8 Å². The summed E-state index contributed by atoms with van der Waals surface area (Å²) in [4.78, 5) is 39.6. The predicted octanol–water partition coefficient (Wildman–Crippen LogP) is 2.27.